The molecule has 0 radical (unpaired) electrons. The van der Waals surface area contributed by atoms with E-state index in [9.17, 15) is 4.79 Å². The fourth-order valence-electron chi connectivity index (χ4n) is 2.66. The SMILES string of the molecule is CCC1(OCCCCOC)CCN(C(=O)OC(C)(C)C)CC1. The third kappa shape index (κ3) is 6.53. The molecule has 1 aliphatic heterocycles. The van der Waals surface area contributed by atoms with Gasteiger partial charge in [0, 0.05) is 33.4 Å². The van der Waals surface area contributed by atoms with Crippen molar-refractivity contribution in [1.82, 2.24) is 4.90 Å². The lowest BCUT2D eigenvalue weighted by Crippen LogP contribution is -2.49. The van der Waals surface area contributed by atoms with Crippen LogP contribution in [-0.4, -0.2) is 55.6 Å². The van der Waals surface area contributed by atoms with Crippen molar-refractivity contribution in [3.05, 3.63) is 0 Å². The van der Waals surface area contributed by atoms with Crippen LogP contribution in [0.4, 0.5) is 4.79 Å². The Morgan fingerprint density at radius 2 is 1.73 bits per heavy atom. The number of piperidine rings is 1. The molecule has 1 rings (SSSR count). The van der Waals surface area contributed by atoms with E-state index in [4.69, 9.17) is 14.2 Å². The molecular formula is C17H33NO4. The Kier molecular flexibility index (Phi) is 7.63. The van der Waals surface area contributed by atoms with Gasteiger partial charge in [-0.3, -0.25) is 0 Å². The van der Waals surface area contributed by atoms with Crippen LogP contribution in [0.15, 0.2) is 0 Å². The first-order chi connectivity index (χ1) is 10.3. The van der Waals surface area contributed by atoms with E-state index in [1.165, 1.54) is 0 Å². The summed E-state index contributed by atoms with van der Waals surface area (Å²) < 4.78 is 16.6. The lowest BCUT2D eigenvalue weighted by Gasteiger charge is -2.41. The van der Waals surface area contributed by atoms with Crippen LogP contribution in [0.25, 0.3) is 0 Å². The summed E-state index contributed by atoms with van der Waals surface area (Å²) in [5.41, 5.74) is -0.514. The quantitative estimate of drug-likeness (QED) is 0.673. The number of hydrogen-bond donors (Lipinski definition) is 0. The van der Waals surface area contributed by atoms with Gasteiger partial charge in [-0.2, -0.15) is 0 Å². The maximum Gasteiger partial charge on any atom is 0.410 e. The summed E-state index contributed by atoms with van der Waals surface area (Å²) in [6.45, 7) is 10.8. The molecule has 0 saturated carbocycles. The molecule has 1 saturated heterocycles. The largest absolute Gasteiger partial charge is 0.444 e. The van der Waals surface area contributed by atoms with Gasteiger partial charge in [-0.25, -0.2) is 4.79 Å². The van der Waals surface area contributed by atoms with E-state index in [1.54, 1.807) is 12.0 Å². The van der Waals surface area contributed by atoms with Crippen molar-refractivity contribution in [3.8, 4) is 0 Å². The smallest absolute Gasteiger partial charge is 0.410 e. The van der Waals surface area contributed by atoms with Crippen molar-refractivity contribution in [1.29, 1.82) is 0 Å². The van der Waals surface area contributed by atoms with E-state index >= 15 is 0 Å². The Bertz CT molecular complexity index is 330. The molecule has 5 nitrogen and oxygen atoms in total. The van der Waals surface area contributed by atoms with Gasteiger partial charge >= 0.3 is 6.09 Å². The molecule has 130 valence electrons. The first-order valence-corrected chi connectivity index (χ1v) is 8.43. The molecule has 22 heavy (non-hydrogen) atoms. The first kappa shape index (κ1) is 19.2. The fourth-order valence-corrected chi connectivity index (χ4v) is 2.66. The van der Waals surface area contributed by atoms with Crippen LogP contribution in [0.3, 0.4) is 0 Å². The fraction of sp³-hybridized carbons (Fsp3) is 0.941. The molecule has 0 aromatic carbocycles. The van der Waals surface area contributed by atoms with E-state index < -0.39 is 5.60 Å². The molecule has 0 N–H and O–H groups in total. The number of amides is 1. The van der Waals surface area contributed by atoms with Gasteiger partial charge in [0.1, 0.15) is 5.60 Å². The second kappa shape index (κ2) is 8.73. The average molecular weight is 315 g/mol. The summed E-state index contributed by atoms with van der Waals surface area (Å²) in [7, 11) is 1.72. The molecule has 0 aliphatic carbocycles. The monoisotopic (exact) mass is 315 g/mol. The van der Waals surface area contributed by atoms with Gasteiger partial charge in [0.25, 0.3) is 0 Å². The summed E-state index contributed by atoms with van der Waals surface area (Å²) in [5.74, 6) is 0. The number of ether oxygens (including phenoxy) is 3. The maximum absolute atomic E-state index is 12.1. The minimum atomic E-state index is -0.436. The summed E-state index contributed by atoms with van der Waals surface area (Å²) in [6, 6.07) is 0. The summed E-state index contributed by atoms with van der Waals surface area (Å²) in [4.78, 5) is 13.9. The van der Waals surface area contributed by atoms with Crippen LogP contribution in [0.5, 0.6) is 0 Å². The zero-order valence-electron chi connectivity index (χ0n) is 14.9. The highest BCUT2D eigenvalue weighted by atomic mass is 16.6. The first-order valence-electron chi connectivity index (χ1n) is 8.43. The van der Waals surface area contributed by atoms with Crippen molar-refractivity contribution in [2.24, 2.45) is 0 Å². The maximum atomic E-state index is 12.1. The van der Waals surface area contributed by atoms with Crippen molar-refractivity contribution < 1.29 is 19.0 Å². The average Bonchev–Trinajstić information content (AvgIpc) is 2.46. The van der Waals surface area contributed by atoms with Gasteiger partial charge in [-0.05, 0) is 52.9 Å². The highest BCUT2D eigenvalue weighted by Crippen LogP contribution is 2.30. The van der Waals surface area contributed by atoms with Crippen molar-refractivity contribution in [3.63, 3.8) is 0 Å². The molecule has 0 aromatic heterocycles. The summed E-state index contributed by atoms with van der Waals surface area (Å²) in [6.07, 6.45) is 4.59. The number of hydrogen-bond acceptors (Lipinski definition) is 4. The molecular weight excluding hydrogens is 282 g/mol. The van der Waals surface area contributed by atoms with Crippen molar-refractivity contribution in [2.45, 2.75) is 71.0 Å². The lowest BCUT2D eigenvalue weighted by molar-refractivity contribution is -0.0882. The van der Waals surface area contributed by atoms with Crippen LogP contribution < -0.4 is 0 Å². The molecule has 1 aliphatic rings. The normalized spacial score (nSPS) is 18.3. The Balaban J connectivity index is 2.38. The molecule has 1 amide bonds. The molecule has 1 heterocycles. The zero-order chi connectivity index (χ0) is 16.6. The third-order valence-electron chi connectivity index (χ3n) is 4.12. The number of carbonyl (C=O) groups excluding carboxylic acids is 1. The molecule has 5 heteroatoms. The van der Waals surface area contributed by atoms with E-state index in [0.29, 0.717) is 13.1 Å². The highest BCUT2D eigenvalue weighted by Gasteiger charge is 2.36. The predicted molar refractivity (Wildman–Crippen MR) is 87.1 cm³/mol. The van der Waals surface area contributed by atoms with Gasteiger partial charge < -0.3 is 19.1 Å². The standard InChI is InChI=1S/C17H33NO4/c1-6-17(21-14-8-7-13-20-5)9-11-18(12-10-17)15(19)22-16(2,3)4/h6-14H2,1-5H3. The van der Waals surface area contributed by atoms with Gasteiger partial charge in [0.15, 0.2) is 0 Å². The highest BCUT2D eigenvalue weighted by molar-refractivity contribution is 5.68. The van der Waals surface area contributed by atoms with Crippen LogP contribution in [0, 0.1) is 0 Å². The number of rotatable bonds is 7. The Morgan fingerprint density at radius 3 is 2.23 bits per heavy atom. The molecule has 0 atom stereocenters. The lowest BCUT2D eigenvalue weighted by atomic mass is 9.88. The minimum absolute atomic E-state index is 0.0778. The van der Waals surface area contributed by atoms with E-state index in [2.05, 4.69) is 6.92 Å². The van der Waals surface area contributed by atoms with Gasteiger partial charge in [-0.1, -0.05) is 6.92 Å². The van der Waals surface area contributed by atoms with Crippen LogP contribution in [0.1, 0.15) is 59.8 Å². The molecule has 1 fully saturated rings. The summed E-state index contributed by atoms with van der Waals surface area (Å²) in [5, 5.41) is 0. The topological polar surface area (TPSA) is 48.0 Å². The van der Waals surface area contributed by atoms with Gasteiger partial charge in [0.2, 0.25) is 0 Å². The van der Waals surface area contributed by atoms with E-state index in [1.807, 2.05) is 20.8 Å². The number of unbranched alkanes of at least 4 members (excludes halogenated alkanes) is 1. The van der Waals surface area contributed by atoms with Crippen LogP contribution in [0.2, 0.25) is 0 Å². The number of nitrogens with zero attached hydrogens (tertiary/aromatic N) is 1. The van der Waals surface area contributed by atoms with Gasteiger partial charge in [-0.15, -0.1) is 0 Å². The van der Waals surface area contributed by atoms with Gasteiger partial charge in [0.05, 0.1) is 5.60 Å². The van der Waals surface area contributed by atoms with E-state index in [0.717, 1.165) is 45.3 Å². The van der Waals surface area contributed by atoms with Crippen LogP contribution in [-0.2, 0) is 14.2 Å². The molecule has 0 spiro atoms. The molecule has 0 bridgehead atoms. The second-order valence-corrected chi connectivity index (χ2v) is 7.05. The summed E-state index contributed by atoms with van der Waals surface area (Å²) >= 11 is 0. The zero-order valence-corrected chi connectivity index (χ0v) is 14.9. The van der Waals surface area contributed by atoms with Crippen molar-refractivity contribution in [2.75, 3.05) is 33.4 Å². The Labute approximate surface area is 135 Å². The molecule has 0 aromatic rings. The second-order valence-electron chi connectivity index (χ2n) is 7.05. The Morgan fingerprint density at radius 1 is 1.14 bits per heavy atom. The third-order valence-corrected chi connectivity index (χ3v) is 4.12. The number of carbonyl (C=O) groups is 1. The molecule has 0 unspecified atom stereocenters. The minimum Gasteiger partial charge on any atom is -0.444 e. The number of likely N-dealkylation sites (tertiary alicyclic amines) is 1. The van der Waals surface area contributed by atoms with Crippen molar-refractivity contribution >= 4 is 6.09 Å². The predicted octanol–water partition coefficient (Wildman–Crippen LogP) is 3.61. The number of methoxy groups -OCH3 is 1. The van der Waals surface area contributed by atoms with Crippen LogP contribution >= 0.6 is 0 Å². The van der Waals surface area contributed by atoms with E-state index in [-0.39, 0.29) is 11.7 Å². The Hall–Kier alpha value is -0.810.